The number of rotatable bonds is 0. The van der Waals surface area contributed by atoms with Crippen molar-refractivity contribution < 1.29 is 9.78 Å². The fraction of sp³-hybridized carbons (Fsp3) is 0.429. The molecular formula is C7H8O2. The Morgan fingerprint density at radius 1 is 1.56 bits per heavy atom. The van der Waals surface area contributed by atoms with Crippen LogP contribution in [-0.4, -0.2) is 12.7 Å². The van der Waals surface area contributed by atoms with E-state index < -0.39 is 0 Å². The second-order valence-electron chi connectivity index (χ2n) is 2.31. The summed E-state index contributed by atoms with van der Waals surface area (Å²) >= 11 is 0. The Morgan fingerprint density at radius 3 is 3.33 bits per heavy atom. The molecule has 1 aliphatic heterocycles. The molecule has 0 saturated carbocycles. The van der Waals surface area contributed by atoms with E-state index in [0.717, 1.165) is 6.42 Å². The maximum Gasteiger partial charge on any atom is 0.115 e. The fourth-order valence-electron chi connectivity index (χ4n) is 1.08. The van der Waals surface area contributed by atoms with Gasteiger partial charge in [-0.05, 0) is 5.57 Å². The predicted molar refractivity (Wildman–Crippen MR) is 32.7 cm³/mol. The van der Waals surface area contributed by atoms with Crippen LogP contribution in [0.25, 0.3) is 0 Å². The van der Waals surface area contributed by atoms with E-state index in [9.17, 15) is 0 Å². The molecule has 2 nitrogen and oxygen atoms in total. The number of hydrogen-bond donors (Lipinski definition) is 0. The third-order valence-electron chi connectivity index (χ3n) is 1.56. The number of allylic oxidation sites excluding steroid dienone is 2. The predicted octanol–water partition coefficient (Wildman–Crippen LogP) is 1.20. The molecule has 0 aromatic heterocycles. The van der Waals surface area contributed by atoms with E-state index in [4.69, 9.17) is 9.78 Å². The van der Waals surface area contributed by atoms with Crippen LogP contribution in [0, 0.1) is 0 Å². The minimum absolute atomic E-state index is 0.179. The van der Waals surface area contributed by atoms with Crippen molar-refractivity contribution in [2.45, 2.75) is 12.5 Å². The molecule has 1 heterocycles. The van der Waals surface area contributed by atoms with Crippen molar-refractivity contribution in [2.24, 2.45) is 0 Å². The lowest BCUT2D eigenvalue weighted by Crippen LogP contribution is -2.21. The summed E-state index contributed by atoms with van der Waals surface area (Å²) in [4.78, 5) is 9.74. The van der Waals surface area contributed by atoms with Gasteiger partial charge >= 0.3 is 0 Å². The highest BCUT2D eigenvalue weighted by Crippen LogP contribution is 2.20. The first-order valence-corrected chi connectivity index (χ1v) is 3.10. The largest absolute Gasteiger partial charge is 0.232 e. The maximum absolute atomic E-state index is 4.92. The molecule has 0 amide bonds. The van der Waals surface area contributed by atoms with E-state index in [-0.39, 0.29) is 6.10 Å². The van der Waals surface area contributed by atoms with Crippen molar-refractivity contribution in [3.8, 4) is 0 Å². The molecule has 0 radical (unpaired) electrons. The second-order valence-corrected chi connectivity index (χ2v) is 2.31. The van der Waals surface area contributed by atoms with Crippen molar-refractivity contribution in [3.05, 3.63) is 23.8 Å². The van der Waals surface area contributed by atoms with E-state index in [2.05, 4.69) is 6.08 Å². The Balaban J connectivity index is 2.22. The third kappa shape index (κ3) is 0.910. The zero-order valence-corrected chi connectivity index (χ0v) is 5.04. The first-order valence-electron chi connectivity index (χ1n) is 3.10. The number of fused-ring (bicyclic) bond motifs is 2. The molecule has 0 aromatic rings. The summed E-state index contributed by atoms with van der Waals surface area (Å²) in [6, 6.07) is 0. The van der Waals surface area contributed by atoms with Gasteiger partial charge in [0, 0.05) is 6.42 Å². The van der Waals surface area contributed by atoms with Crippen molar-refractivity contribution in [3.63, 3.8) is 0 Å². The highest BCUT2D eigenvalue weighted by atomic mass is 17.2. The van der Waals surface area contributed by atoms with E-state index in [1.165, 1.54) is 5.57 Å². The molecule has 2 aliphatic rings. The van der Waals surface area contributed by atoms with Crippen LogP contribution in [0.4, 0.5) is 0 Å². The zero-order chi connectivity index (χ0) is 6.10. The molecule has 0 spiro atoms. The molecule has 9 heavy (non-hydrogen) atoms. The van der Waals surface area contributed by atoms with Crippen molar-refractivity contribution in [1.82, 2.24) is 0 Å². The minimum Gasteiger partial charge on any atom is -0.232 e. The lowest BCUT2D eigenvalue weighted by molar-refractivity contribution is -0.321. The number of hydrogen-bond acceptors (Lipinski definition) is 2. The molecule has 0 N–H and O–H groups in total. The summed E-state index contributed by atoms with van der Waals surface area (Å²) in [6.45, 7) is 0.640. The van der Waals surface area contributed by atoms with Gasteiger partial charge in [-0.3, -0.25) is 0 Å². The van der Waals surface area contributed by atoms with E-state index in [0.29, 0.717) is 6.61 Å². The molecule has 1 fully saturated rings. The van der Waals surface area contributed by atoms with Crippen LogP contribution in [0.2, 0.25) is 0 Å². The van der Waals surface area contributed by atoms with Crippen LogP contribution in [-0.2, 0) is 9.78 Å². The molecule has 2 rings (SSSR count). The van der Waals surface area contributed by atoms with Crippen LogP contribution in [0.5, 0.6) is 0 Å². The van der Waals surface area contributed by atoms with Gasteiger partial charge in [-0.15, -0.1) is 0 Å². The summed E-state index contributed by atoms with van der Waals surface area (Å²) in [7, 11) is 0. The normalized spacial score (nSPS) is 32.0. The quantitative estimate of drug-likeness (QED) is 0.452. The van der Waals surface area contributed by atoms with Crippen molar-refractivity contribution in [2.75, 3.05) is 6.61 Å². The molecule has 2 heteroatoms. The summed E-state index contributed by atoms with van der Waals surface area (Å²) in [5, 5.41) is 0. The summed E-state index contributed by atoms with van der Waals surface area (Å²) in [5.41, 5.74) is 1.33. The van der Waals surface area contributed by atoms with Crippen molar-refractivity contribution >= 4 is 0 Å². The van der Waals surface area contributed by atoms with Gasteiger partial charge < -0.3 is 0 Å². The Kier molecular flexibility index (Phi) is 1.14. The van der Waals surface area contributed by atoms with Gasteiger partial charge in [0.05, 0.1) is 0 Å². The minimum atomic E-state index is 0.179. The van der Waals surface area contributed by atoms with E-state index in [1.807, 2.05) is 12.2 Å². The SMILES string of the molecule is C1=CC2CC(=C1)COO2. The van der Waals surface area contributed by atoms with Gasteiger partial charge in [-0.1, -0.05) is 18.2 Å². The lowest BCUT2D eigenvalue weighted by Gasteiger charge is -2.23. The molecule has 2 bridgehead atoms. The summed E-state index contributed by atoms with van der Waals surface area (Å²) < 4.78 is 0. The Bertz CT molecular complexity index is 170. The summed E-state index contributed by atoms with van der Waals surface area (Å²) in [6.07, 6.45) is 7.29. The van der Waals surface area contributed by atoms with Crippen LogP contribution in [0.3, 0.4) is 0 Å². The first kappa shape index (κ1) is 5.21. The van der Waals surface area contributed by atoms with Gasteiger partial charge in [0.1, 0.15) is 12.7 Å². The molecule has 0 aromatic carbocycles. The molecule has 1 aliphatic carbocycles. The first-order chi connectivity index (χ1) is 4.45. The topological polar surface area (TPSA) is 18.5 Å². The average Bonchev–Trinajstić information content (AvgIpc) is 1.88. The Morgan fingerprint density at radius 2 is 2.56 bits per heavy atom. The second kappa shape index (κ2) is 1.97. The van der Waals surface area contributed by atoms with Crippen LogP contribution in [0.1, 0.15) is 6.42 Å². The van der Waals surface area contributed by atoms with Crippen LogP contribution in [0.15, 0.2) is 23.8 Å². The molecule has 1 saturated heterocycles. The van der Waals surface area contributed by atoms with Gasteiger partial charge in [0.25, 0.3) is 0 Å². The Labute approximate surface area is 53.7 Å². The highest BCUT2D eigenvalue weighted by molar-refractivity contribution is 5.21. The zero-order valence-electron chi connectivity index (χ0n) is 5.04. The standard InChI is InChI=1S/C7H8O2/c1-2-6-4-7(3-1)9-8-5-6/h1-3,7H,4-5H2. The molecule has 1 unspecified atom stereocenters. The fourth-order valence-corrected chi connectivity index (χ4v) is 1.08. The average molecular weight is 124 g/mol. The molecular weight excluding hydrogens is 116 g/mol. The van der Waals surface area contributed by atoms with E-state index in [1.54, 1.807) is 0 Å². The van der Waals surface area contributed by atoms with Crippen molar-refractivity contribution in [1.29, 1.82) is 0 Å². The van der Waals surface area contributed by atoms with Gasteiger partial charge in [0.15, 0.2) is 0 Å². The van der Waals surface area contributed by atoms with E-state index >= 15 is 0 Å². The monoisotopic (exact) mass is 124 g/mol. The van der Waals surface area contributed by atoms with Crippen LogP contribution < -0.4 is 0 Å². The van der Waals surface area contributed by atoms with Gasteiger partial charge in [-0.2, -0.15) is 0 Å². The smallest absolute Gasteiger partial charge is 0.115 e. The van der Waals surface area contributed by atoms with Crippen LogP contribution >= 0.6 is 0 Å². The van der Waals surface area contributed by atoms with Gasteiger partial charge in [-0.25, -0.2) is 9.78 Å². The maximum atomic E-state index is 4.92. The molecule has 1 atom stereocenters. The lowest BCUT2D eigenvalue weighted by atomic mass is 10.0. The Hall–Kier alpha value is -0.600. The highest BCUT2D eigenvalue weighted by Gasteiger charge is 2.17. The third-order valence-corrected chi connectivity index (χ3v) is 1.56. The van der Waals surface area contributed by atoms with Gasteiger partial charge in [0.2, 0.25) is 0 Å². The summed E-state index contributed by atoms with van der Waals surface area (Å²) in [5.74, 6) is 0. The molecule has 48 valence electrons.